The molecule has 0 unspecified atom stereocenters. The molecule has 0 aliphatic carbocycles. The maximum Gasteiger partial charge on any atom is 0.379 e. The Morgan fingerprint density at radius 2 is 1.81 bits per heavy atom. The number of carbonyl (C=O) groups is 2. The molecule has 0 fully saturated rings. The average molecular weight is 220 g/mol. The fourth-order valence-electron chi connectivity index (χ4n) is 1.16. The molecule has 0 atom stereocenters. The van der Waals surface area contributed by atoms with Crippen molar-refractivity contribution in [2.45, 2.75) is 20.3 Å². The van der Waals surface area contributed by atoms with Gasteiger partial charge in [0.05, 0.1) is 6.61 Å². The van der Waals surface area contributed by atoms with Gasteiger partial charge in [-0.1, -0.05) is 44.2 Å². The van der Waals surface area contributed by atoms with E-state index in [-0.39, 0.29) is 0 Å². The maximum absolute atomic E-state index is 11.5. The molecule has 16 heavy (non-hydrogen) atoms. The molecule has 3 nitrogen and oxygen atoms in total. The third kappa shape index (κ3) is 3.85. The second-order valence-corrected chi connectivity index (χ2v) is 4.01. The van der Waals surface area contributed by atoms with Crippen LogP contribution in [0, 0.1) is 5.92 Å². The highest BCUT2D eigenvalue weighted by atomic mass is 16.5. The van der Waals surface area contributed by atoms with Gasteiger partial charge >= 0.3 is 5.97 Å². The van der Waals surface area contributed by atoms with Crippen LogP contribution in [0.5, 0.6) is 0 Å². The van der Waals surface area contributed by atoms with Crippen LogP contribution in [0.3, 0.4) is 0 Å². The topological polar surface area (TPSA) is 43.4 Å². The van der Waals surface area contributed by atoms with Gasteiger partial charge in [-0.2, -0.15) is 0 Å². The molecule has 0 aliphatic rings. The monoisotopic (exact) mass is 220 g/mol. The SMILES string of the molecule is CC(C)CCOC(=O)C(=O)c1ccccc1. The fraction of sp³-hybridized carbons (Fsp3) is 0.385. The second-order valence-electron chi connectivity index (χ2n) is 4.01. The Bertz CT molecular complexity index is 355. The minimum atomic E-state index is -0.771. The summed E-state index contributed by atoms with van der Waals surface area (Å²) in [4.78, 5) is 22.9. The molecule has 0 heterocycles. The number of Topliss-reactive ketones (excluding diaryl/α,β-unsaturated/α-hetero) is 1. The van der Waals surface area contributed by atoms with Crippen LogP contribution >= 0.6 is 0 Å². The lowest BCUT2D eigenvalue weighted by molar-refractivity contribution is -0.138. The van der Waals surface area contributed by atoms with Crippen LogP contribution in [0.15, 0.2) is 30.3 Å². The Hall–Kier alpha value is -1.64. The van der Waals surface area contributed by atoms with Gasteiger partial charge in [0.15, 0.2) is 0 Å². The molecule has 0 radical (unpaired) electrons. The van der Waals surface area contributed by atoms with Gasteiger partial charge in [0.25, 0.3) is 5.78 Å². The zero-order valence-corrected chi connectivity index (χ0v) is 9.60. The molecule has 86 valence electrons. The third-order valence-corrected chi connectivity index (χ3v) is 2.15. The summed E-state index contributed by atoms with van der Waals surface area (Å²) in [6.45, 7) is 4.37. The van der Waals surface area contributed by atoms with Crippen molar-refractivity contribution in [1.29, 1.82) is 0 Å². The highest BCUT2D eigenvalue weighted by Gasteiger charge is 2.17. The summed E-state index contributed by atoms with van der Waals surface area (Å²) < 4.78 is 4.88. The zero-order chi connectivity index (χ0) is 12.0. The van der Waals surface area contributed by atoms with Crippen LogP contribution in [0.4, 0.5) is 0 Å². The van der Waals surface area contributed by atoms with E-state index >= 15 is 0 Å². The minimum absolute atomic E-state index is 0.301. The first-order valence-corrected chi connectivity index (χ1v) is 5.37. The lowest BCUT2D eigenvalue weighted by Crippen LogP contribution is -2.18. The first-order chi connectivity index (χ1) is 7.61. The van der Waals surface area contributed by atoms with Crippen LogP contribution in [-0.4, -0.2) is 18.4 Å². The number of hydrogen-bond acceptors (Lipinski definition) is 3. The van der Waals surface area contributed by atoms with Crippen molar-refractivity contribution in [3.63, 3.8) is 0 Å². The van der Waals surface area contributed by atoms with Crippen LogP contribution in [0.1, 0.15) is 30.6 Å². The Labute approximate surface area is 95.4 Å². The van der Waals surface area contributed by atoms with Crippen molar-refractivity contribution in [2.75, 3.05) is 6.61 Å². The number of rotatable bonds is 5. The Balaban J connectivity index is 2.46. The van der Waals surface area contributed by atoms with Gasteiger partial charge in [-0.3, -0.25) is 4.79 Å². The van der Waals surface area contributed by atoms with Gasteiger partial charge < -0.3 is 4.74 Å². The molecule has 1 rings (SSSR count). The van der Waals surface area contributed by atoms with Gasteiger partial charge in [0.1, 0.15) is 0 Å². The first-order valence-electron chi connectivity index (χ1n) is 5.37. The van der Waals surface area contributed by atoms with E-state index in [0.717, 1.165) is 6.42 Å². The molecule has 0 saturated heterocycles. The lowest BCUT2D eigenvalue weighted by atomic mass is 10.1. The highest BCUT2D eigenvalue weighted by Crippen LogP contribution is 2.03. The van der Waals surface area contributed by atoms with Crippen molar-refractivity contribution in [3.8, 4) is 0 Å². The molecule has 1 aromatic carbocycles. The van der Waals surface area contributed by atoms with Crippen molar-refractivity contribution in [3.05, 3.63) is 35.9 Å². The van der Waals surface area contributed by atoms with Gasteiger partial charge in [-0.15, -0.1) is 0 Å². The molecule has 0 aliphatic heterocycles. The smallest absolute Gasteiger partial charge is 0.379 e. The van der Waals surface area contributed by atoms with E-state index in [1.807, 2.05) is 13.8 Å². The summed E-state index contributed by atoms with van der Waals surface area (Å²) in [6, 6.07) is 8.43. The van der Waals surface area contributed by atoms with Gasteiger partial charge in [-0.05, 0) is 12.3 Å². The number of esters is 1. The third-order valence-electron chi connectivity index (χ3n) is 2.15. The van der Waals surface area contributed by atoms with Crippen molar-refractivity contribution >= 4 is 11.8 Å². The summed E-state index contributed by atoms with van der Waals surface area (Å²) >= 11 is 0. The molecule has 0 saturated carbocycles. The molecule has 1 aromatic rings. The second kappa shape index (κ2) is 6.05. The maximum atomic E-state index is 11.5. The summed E-state index contributed by atoms with van der Waals surface area (Å²) in [7, 11) is 0. The van der Waals surface area contributed by atoms with Crippen molar-refractivity contribution in [2.24, 2.45) is 5.92 Å². The molecule has 0 bridgehead atoms. The van der Waals surface area contributed by atoms with E-state index in [1.54, 1.807) is 30.3 Å². The normalized spacial score (nSPS) is 10.2. The number of carbonyl (C=O) groups excluding carboxylic acids is 2. The van der Waals surface area contributed by atoms with Gasteiger partial charge in [0, 0.05) is 5.56 Å². The fourth-order valence-corrected chi connectivity index (χ4v) is 1.16. The van der Waals surface area contributed by atoms with Gasteiger partial charge in [-0.25, -0.2) is 4.79 Å². The summed E-state index contributed by atoms with van der Waals surface area (Å²) in [5.74, 6) is -0.893. The van der Waals surface area contributed by atoms with E-state index in [0.29, 0.717) is 18.1 Å². The van der Waals surface area contributed by atoms with Gasteiger partial charge in [0.2, 0.25) is 0 Å². The Morgan fingerprint density at radius 1 is 1.19 bits per heavy atom. The number of benzene rings is 1. The van der Waals surface area contributed by atoms with Crippen LogP contribution in [0.2, 0.25) is 0 Å². The summed E-state index contributed by atoms with van der Waals surface area (Å²) in [6.07, 6.45) is 0.772. The quantitative estimate of drug-likeness (QED) is 0.435. The largest absolute Gasteiger partial charge is 0.460 e. The minimum Gasteiger partial charge on any atom is -0.460 e. The van der Waals surface area contributed by atoms with E-state index in [1.165, 1.54) is 0 Å². The predicted molar refractivity (Wildman–Crippen MR) is 61.2 cm³/mol. The van der Waals surface area contributed by atoms with E-state index in [2.05, 4.69) is 0 Å². The molecular weight excluding hydrogens is 204 g/mol. The van der Waals surface area contributed by atoms with Crippen molar-refractivity contribution < 1.29 is 14.3 Å². The number of hydrogen-bond donors (Lipinski definition) is 0. The number of ketones is 1. The molecule has 0 spiro atoms. The zero-order valence-electron chi connectivity index (χ0n) is 9.60. The van der Waals surface area contributed by atoms with E-state index in [9.17, 15) is 9.59 Å². The van der Waals surface area contributed by atoms with Crippen LogP contribution in [-0.2, 0) is 9.53 Å². The lowest BCUT2D eigenvalue weighted by Gasteiger charge is -2.05. The Morgan fingerprint density at radius 3 is 2.38 bits per heavy atom. The molecule has 0 aromatic heterocycles. The predicted octanol–water partition coefficient (Wildman–Crippen LogP) is 2.46. The molecule has 3 heteroatoms. The summed E-state index contributed by atoms with van der Waals surface area (Å²) in [5, 5.41) is 0. The van der Waals surface area contributed by atoms with Crippen LogP contribution in [0.25, 0.3) is 0 Å². The van der Waals surface area contributed by atoms with E-state index in [4.69, 9.17) is 4.74 Å². The first kappa shape index (κ1) is 12.4. The Kier molecular flexibility index (Phi) is 4.70. The highest BCUT2D eigenvalue weighted by molar-refractivity contribution is 6.40. The van der Waals surface area contributed by atoms with Crippen LogP contribution < -0.4 is 0 Å². The van der Waals surface area contributed by atoms with E-state index < -0.39 is 11.8 Å². The average Bonchev–Trinajstić information content (AvgIpc) is 2.28. The molecule has 0 amide bonds. The standard InChI is InChI=1S/C13H16O3/c1-10(2)8-9-16-13(15)12(14)11-6-4-3-5-7-11/h3-7,10H,8-9H2,1-2H3. The van der Waals surface area contributed by atoms with Crippen molar-refractivity contribution in [1.82, 2.24) is 0 Å². The summed E-state index contributed by atoms with van der Waals surface area (Å²) in [5.41, 5.74) is 0.372. The molecular formula is C13H16O3. The molecule has 0 N–H and O–H groups in total. The number of ether oxygens (including phenoxy) is 1.